The van der Waals surface area contributed by atoms with Crippen molar-refractivity contribution in [3.05, 3.63) is 113 Å². The second-order valence-corrected chi connectivity index (χ2v) is 9.88. The molecule has 1 unspecified atom stereocenters. The zero-order valence-electron chi connectivity index (χ0n) is 21.6. The Morgan fingerprint density at radius 2 is 1.92 bits per heavy atom. The van der Waals surface area contributed by atoms with Crippen LogP contribution in [0, 0.1) is 0 Å². The van der Waals surface area contributed by atoms with Crippen molar-refractivity contribution in [3.63, 3.8) is 0 Å². The summed E-state index contributed by atoms with van der Waals surface area (Å²) in [4.78, 5) is 18.7. The Labute approximate surface area is 232 Å². The standard InChI is InChI=1S/C30H32ClN5O3/c31-23-9-12-27-26(19-23)25-13-16-36(30(37)39-20-21-5-2-1-3-6-21)29(28(25)34-27)22-7-10-24(11-8-22)38-18-4-15-35(33)17-14-32/h1-3,5-12,14,17,19,29,34H,4,13,15-16,18,20,32-33H2/b17-14-. The van der Waals surface area contributed by atoms with Gasteiger partial charge in [0.25, 0.3) is 0 Å². The van der Waals surface area contributed by atoms with E-state index < -0.39 is 0 Å². The maximum atomic E-state index is 13.4. The number of carbonyl (C=O) groups is 1. The monoisotopic (exact) mass is 545 g/mol. The Balaban J connectivity index is 1.37. The lowest BCUT2D eigenvalue weighted by molar-refractivity contribution is 0.0832. The first-order valence-electron chi connectivity index (χ1n) is 12.9. The lowest BCUT2D eigenvalue weighted by Crippen LogP contribution is -2.40. The van der Waals surface area contributed by atoms with E-state index in [9.17, 15) is 4.79 Å². The van der Waals surface area contributed by atoms with Gasteiger partial charge in [0.1, 0.15) is 18.4 Å². The second kappa shape index (κ2) is 12.1. The van der Waals surface area contributed by atoms with Gasteiger partial charge in [-0.1, -0.05) is 54.1 Å². The Morgan fingerprint density at radius 3 is 2.69 bits per heavy atom. The molecule has 39 heavy (non-hydrogen) atoms. The van der Waals surface area contributed by atoms with Crippen LogP contribution in [0.1, 0.15) is 34.8 Å². The zero-order valence-corrected chi connectivity index (χ0v) is 22.3. The van der Waals surface area contributed by atoms with E-state index in [2.05, 4.69) is 4.98 Å². The third kappa shape index (κ3) is 6.13. The summed E-state index contributed by atoms with van der Waals surface area (Å²) >= 11 is 6.32. The predicted molar refractivity (Wildman–Crippen MR) is 153 cm³/mol. The lowest BCUT2D eigenvalue weighted by Gasteiger charge is -2.35. The van der Waals surface area contributed by atoms with Gasteiger partial charge in [-0.05, 0) is 53.4 Å². The zero-order chi connectivity index (χ0) is 27.2. The number of halogens is 1. The topological polar surface area (TPSA) is 110 Å². The number of hydrogen-bond acceptors (Lipinski definition) is 6. The molecular formula is C30H32ClN5O3. The van der Waals surface area contributed by atoms with E-state index in [1.165, 1.54) is 16.8 Å². The molecule has 0 fully saturated rings. The number of aromatic amines is 1. The van der Waals surface area contributed by atoms with Crippen molar-refractivity contribution >= 4 is 28.6 Å². The summed E-state index contributed by atoms with van der Waals surface area (Å²) in [6.07, 6.45) is 4.10. The number of amides is 1. The number of nitrogens with zero attached hydrogens (tertiary/aromatic N) is 2. The van der Waals surface area contributed by atoms with E-state index in [4.69, 9.17) is 32.7 Å². The Kier molecular flexibility index (Phi) is 8.24. The molecular weight excluding hydrogens is 514 g/mol. The molecule has 5 rings (SSSR count). The molecule has 1 aliphatic heterocycles. The number of hydrogen-bond donors (Lipinski definition) is 3. The quantitative estimate of drug-likeness (QED) is 0.146. The molecule has 9 heteroatoms. The average Bonchev–Trinajstić information content (AvgIpc) is 3.32. The average molecular weight is 546 g/mol. The third-order valence-corrected chi connectivity index (χ3v) is 7.07. The molecule has 2 heterocycles. The summed E-state index contributed by atoms with van der Waals surface area (Å²) in [5.74, 6) is 6.54. The van der Waals surface area contributed by atoms with Gasteiger partial charge in [0.05, 0.1) is 6.61 Å². The van der Waals surface area contributed by atoms with Crippen LogP contribution in [0.5, 0.6) is 5.75 Å². The smallest absolute Gasteiger partial charge is 0.410 e. The molecule has 1 aliphatic rings. The first-order valence-corrected chi connectivity index (χ1v) is 13.3. The first-order chi connectivity index (χ1) is 19.0. The number of H-pyrrole nitrogens is 1. The van der Waals surface area contributed by atoms with E-state index in [0.717, 1.165) is 39.9 Å². The number of nitrogens with one attached hydrogen (secondary N) is 1. The van der Waals surface area contributed by atoms with Crippen molar-refractivity contribution in [1.29, 1.82) is 0 Å². The lowest BCUT2D eigenvalue weighted by atomic mass is 9.92. The molecule has 202 valence electrons. The molecule has 0 saturated heterocycles. The molecule has 5 N–H and O–H groups in total. The van der Waals surface area contributed by atoms with Crippen LogP contribution in [0.4, 0.5) is 4.79 Å². The van der Waals surface area contributed by atoms with Crippen LogP contribution < -0.4 is 16.3 Å². The molecule has 1 atom stereocenters. The van der Waals surface area contributed by atoms with Crippen LogP contribution in [-0.2, 0) is 17.8 Å². The maximum absolute atomic E-state index is 13.4. The van der Waals surface area contributed by atoms with Crippen LogP contribution >= 0.6 is 11.6 Å². The maximum Gasteiger partial charge on any atom is 0.410 e. The van der Waals surface area contributed by atoms with Crippen molar-refractivity contribution in [2.24, 2.45) is 11.6 Å². The van der Waals surface area contributed by atoms with Gasteiger partial charge < -0.3 is 25.2 Å². The fourth-order valence-corrected chi connectivity index (χ4v) is 5.15. The van der Waals surface area contributed by atoms with Crippen molar-refractivity contribution in [1.82, 2.24) is 14.9 Å². The number of hydrazine groups is 1. The molecule has 8 nitrogen and oxygen atoms in total. The number of nitrogens with two attached hydrogens (primary N) is 2. The molecule has 0 saturated carbocycles. The summed E-state index contributed by atoms with van der Waals surface area (Å²) in [6.45, 7) is 1.88. The first kappa shape index (κ1) is 26.5. The highest BCUT2D eigenvalue weighted by Gasteiger charge is 2.35. The number of ether oxygens (including phenoxy) is 2. The third-order valence-electron chi connectivity index (χ3n) is 6.83. The minimum absolute atomic E-state index is 0.214. The molecule has 0 aliphatic carbocycles. The second-order valence-electron chi connectivity index (χ2n) is 9.44. The summed E-state index contributed by atoms with van der Waals surface area (Å²) in [6, 6.07) is 23.0. The van der Waals surface area contributed by atoms with E-state index >= 15 is 0 Å². The van der Waals surface area contributed by atoms with E-state index in [0.29, 0.717) is 31.1 Å². The highest BCUT2D eigenvalue weighted by molar-refractivity contribution is 6.31. The van der Waals surface area contributed by atoms with Gasteiger partial charge in [-0.3, -0.25) is 4.90 Å². The van der Waals surface area contributed by atoms with Gasteiger partial charge in [-0.25, -0.2) is 10.6 Å². The van der Waals surface area contributed by atoms with Crippen molar-refractivity contribution in [3.8, 4) is 5.75 Å². The highest BCUT2D eigenvalue weighted by atomic mass is 35.5. The molecule has 0 bridgehead atoms. The fourth-order valence-electron chi connectivity index (χ4n) is 4.97. The summed E-state index contributed by atoms with van der Waals surface area (Å²) in [7, 11) is 0. The minimum Gasteiger partial charge on any atom is -0.494 e. The van der Waals surface area contributed by atoms with Gasteiger partial charge >= 0.3 is 6.09 Å². The summed E-state index contributed by atoms with van der Waals surface area (Å²) < 4.78 is 11.7. The normalized spacial score (nSPS) is 14.9. The van der Waals surface area contributed by atoms with Crippen LogP contribution in [-0.4, -0.2) is 40.7 Å². The van der Waals surface area contributed by atoms with Crippen molar-refractivity contribution < 1.29 is 14.3 Å². The van der Waals surface area contributed by atoms with Crippen molar-refractivity contribution in [2.45, 2.75) is 25.5 Å². The van der Waals surface area contributed by atoms with Crippen LogP contribution in [0.2, 0.25) is 5.02 Å². The van der Waals surface area contributed by atoms with Crippen LogP contribution in [0.3, 0.4) is 0 Å². The number of fused-ring (bicyclic) bond motifs is 3. The molecule has 1 amide bonds. The van der Waals surface area contributed by atoms with E-state index in [-0.39, 0.29) is 18.7 Å². The SMILES string of the molecule is N/C=C\N(N)CCCOc1ccc(C2c3[nH]c4ccc(Cl)cc4c3CCN2C(=O)OCc2ccccc2)cc1. The van der Waals surface area contributed by atoms with Crippen LogP contribution in [0.25, 0.3) is 10.9 Å². The Hall–Kier alpha value is -4.14. The predicted octanol–water partition coefficient (Wildman–Crippen LogP) is 5.48. The van der Waals surface area contributed by atoms with Gasteiger partial charge in [0, 0.05) is 53.5 Å². The number of benzene rings is 3. The molecule has 4 aromatic rings. The molecule has 1 aromatic heterocycles. The number of carbonyl (C=O) groups excluding carboxylic acids is 1. The molecule has 0 spiro atoms. The largest absolute Gasteiger partial charge is 0.494 e. The fraction of sp³-hybridized carbons (Fsp3) is 0.233. The van der Waals surface area contributed by atoms with Gasteiger partial charge in [0.2, 0.25) is 0 Å². The summed E-state index contributed by atoms with van der Waals surface area (Å²) in [5.41, 5.74) is 10.4. The minimum atomic E-state index is -0.357. The Bertz CT molecular complexity index is 1440. The van der Waals surface area contributed by atoms with Gasteiger partial charge in [0.15, 0.2) is 0 Å². The number of aromatic nitrogens is 1. The highest BCUT2D eigenvalue weighted by Crippen LogP contribution is 2.39. The molecule has 3 aromatic carbocycles. The summed E-state index contributed by atoms with van der Waals surface area (Å²) in [5, 5.41) is 3.29. The van der Waals surface area contributed by atoms with Gasteiger partial charge in [-0.15, -0.1) is 0 Å². The van der Waals surface area contributed by atoms with E-state index in [1.807, 2.05) is 72.8 Å². The van der Waals surface area contributed by atoms with Crippen LogP contribution in [0.15, 0.2) is 85.2 Å². The van der Waals surface area contributed by atoms with Gasteiger partial charge in [-0.2, -0.15) is 0 Å². The number of rotatable bonds is 9. The molecule has 0 radical (unpaired) electrons. The van der Waals surface area contributed by atoms with Crippen molar-refractivity contribution in [2.75, 3.05) is 19.7 Å². The van der Waals surface area contributed by atoms with E-state index in [1.54, 1.807) is 11.1 Å². The Morgan fingerprint density at radius 1 is 1.13 bits per heavy atom.